The number of hydrogen-bond acceptors (Lipinski definition) is 3. The van der Waals surface area contributed by atoms with Gasteiger partial charge < -0.3 is 10.0 Å². The second-order valence-electron chi connectivity index (χ2n) is 7.51. The Kier molecular flexibility index (Phi) is 7.14. The lowest BCUT2D eigenvalue weighted by Gasteiger charge is -2.29. The number of nitrogens with zero attached hydrogens (tertiary/aromatic N) is 1. The Bertz CT molecular complexity index is 327. The van der Waals surface area contributed by atoms with Gasteiger partial charge in [0.25, 0.3) is 0 Å². The summed E-state index contributed by atoms with van der Waals surface area (Å²) in [6, 6.07) is 0.988. The molecule has 0 bridgehead atoms. The van der Waals surface area contributed by atoms with Crippen molar-refractivity contribution in [2.24, 2.45) is 5.92 Å². The molecule has 1 atom stereocenters. The average Bonchev–Trinajstić information content (AvgIpc) is 3.15. The highest BCUT2D eigenvalue weighted by Crippen LogP contribution is 2.28. The van der Waals surface area contributed by atoms with Crippen LogP contribution in [0.5, 0.6) is 0 Å². The summed E-state index contributed by atoms with van der Waals surface area (Å²) in [5.41, 5.74) is -0.795. The number of carboxylic acid groups (broad SMARTS) is 1. The highest BCUT2D eigenvalue weighted by Gasteiger charge is 2.33. The molecule has 1 saturated carbocycles. The lowest BCUT2D eigenvalue weighted by atomic mass is 9.94. The minimum atomic E-state index is -0.795. The molecule has 0 radical (unpaired) electrons. The van der Waals surface area contributed by atoms with Crippen LogP contribution in [0, 0.1) is 5.92 Å². The fourth-order valence-electron chi connectivity index (χ4n) is 3.00. The van der Waals surface area contributed by atoms with Gasteiger partial charge in [0.15, 0.2) is 0 Å². The zero-order valence-corrected chi connectivity index (χ0v) is 14.5. The number of rotatable bonds is 11. The molecule has 4 nitrogen and oxygen atoms in total. The van der Waals surface area contributed by atoms with Gasteiger partial charge in [-0.25, -0.2) is 0 Å². The van der Waals surface area contributed by atoms with Crippen LogP contribution in [0.4, 0.5) is 0 Å². The van der Waals surface area contributed by atoms with E-state index < -0.39 is 11.5 Å². The first-order valence-electron chi connectivity index (χ1n) is 8.49. The molecule has 124 valence electrons. The first-order valence-corrected chi connectivity index (χ1v) is 8.49. The number of unbranched alkanes of at least 4 members (excludes halogenated alkanes) is 1. The molecule has 1 rings (SSSR count). The normalized spacial score (nSPS) is 18.5. The van der Waals surface area contributed by atoms with Crippen molar-refractivity contribution in [3.63, 3.8) is 0 Å². The van der Waals surface area contributed by atoms with Crippen molar-refractivity contribution in [2.75, 3.05) is 13.1 Å². The van der Waals surface area contributed by atoms with E-state index in [0.29, 0.717) is 12.3 Å². The molecule has 0 amide bonds. The topological polar surface area (TPSA) is 52.6 Å². The molecule has 0 aromatic heterocycles. The molecule has 21 heavy (non-hydrogen) atoms. The predicted molar refractivity (Wildman–Crippen MR) is 87.6 cm³/mol. The predicted octanol–water partition coefficient (Wildman–Crippen LogP) is 3.12. The van der Waals surface area contributed by atoms with Crippen molar-refractivity contribution in [1.82, 2.24) is 10.2 Å². The third kappa shape index (κ3) is 6.79. The summed E-state index contributed by atoms with van der Waals surface area (Å²) in [5, 5.41) is 12.6. The average molecular weight is 298 g/mol. The SMILES string of the molecule is CC(C)CN(CCCCC(C)(NC(C)C)C(=O)O)C1CC1. The number of carbonyl (C=O) groups is 1. The second kappa shape index (κ2) is 8.14. The van der Waals surface area contributed by atoms with Gasteiger partial charge in [0, 0.05) is 18.6 Å². The molecule has 1 fully saturated rings. The first kappa shape index (κ1) is 18.4. The van der Waals surface area contributed by atoms with Gasteiger partial charge in [-0.3, -0.25) is 10.1 Å². The van der Waals surface area contributed by atoms with Crippen molar-refractivity contribution in [3.05, 3.63) is 0 Å². The van der Waals surface area contributed by atoms with E-state index in [1.807, 2.05) is 20.8 Å². The van der Waals surface area contributed by atoms with Gasteiger partial charge in [-0.1, -0.05) is 13.8 Å². The highest BCUT2D eigenvalue weighted by molar-refractivity contribution is 5.78. The van der Waals surface area contributed by atoms with E-state index in [4.69, 9.17) is 0 Å². The maximum atomic E-state index is 11.5. The van der Waals surface area contributed by atoms with Gasteiger partial charge in [-0.05, 0) is 65.3 Å². The van der Waals surface area contributed by atoms with Crippen LogP contribution >= 0.6 is 0 Å². The Balaban J connectivity index is 2.34. The number of hydrogen-bond donors (Lipinski definition) is 2. The van der Waals surface area contributed by atoms with E-state index in [-0.39, 0.29) is 6.04 Å². The van der Waals surface area contributed by atoms with Gasteiger partial charge in [-0.2, -0.15) is 0 Å². The fourth-order valence-corrected chi connectivity index (χ4v) is 3.00. The van der Waals surface area contributed by atoms with Crippen LogP contribution in [0.2, 0.25) is 0 Å². The fraction of sp³-hybridized carbons (Fsp3) is 0.941. The highest BCUT2D eigenvalue weighted by atomic mass is 16.4. The summed E-state index contributed by atoms with van der Waals surface area (Å²) in [6.45, 7) is 12.6. The summed E-state index contributed by atoms with van der Waals surface area (Å²) in [7, 11) is 0. The summed E-state index contributed by atoms with van der Waals surface area (Å²) in [5.74, 6) is -0.0325. The summed E-state index contributed by atoms with van der Waals surface area (Å²) in [4.78, 5) is 14.1. The molecule has 2 N–H and O–H groups in total. The zero-order valence-electron chi connectivity index (χ0n) is 14.5. The van der Waals surface area contributed by atoms with Gasteiger partial charge in [-0.15, -0.1) is 0 Å². The van der Waals surface area contributed by atoms with Crippen LogP contribution in [-0.4, -0.2) is 46.7 Å². The largest absolute Gasteiger partial charge is 0.480 e. The van der Waals surface area contributed by atoms with Crippen LogP contribution in [0.1, 0.15) is 66.7 Å². The minimum Gasteiger partial charge on any atom is -0.480 e. The number of aliphatic carboxylic acids is 1. The molecular weight excluding hydrogens is 264 g/mol. The third-order valence-corrected chi connectivity index (χ3v) is 4.11. The van der Waals surface area contributed by atoms with E-state index in [1.165, 1.54) is 19.4 Å². The van der Waals surface area contributed by atoms with Gasteiger partial charge in [0.2, 0.25) is 0 Å². The summed E-state index contributed by atoms with van der Waals surface area (Å²) >= 11 is 0. The Morgan fingerprint density at radius 2 is 1.90 bits per heavy atom. The van der Waals surface area contributed by atoms with Crippen LogP contribution < -0.4 is 5.32 Å². The third-order valence-electron chi connectivity index (χ3n) is 4.11. The molecule has 4 heteroatoms. The molecule has 0 aromatic rings. The van der Waals surface area contributed by atoms with Gasteiger partial charge >= 0.3 is 5.97 Å². The Hall–Kier alpha value is -0.610. The summed E-state index contributed by atoms with van der Waals surface area (Å²) in [6.07, 6.45) is 5.43. The first-order chi connectivity index (χ1) is 9.74. The van der Waals surface area contributed by atoms with Crippen LogP contribution in [0.3, 0.4) is 0 Å². The molecule has 1 unspecified atom stereocenters. The standard InChI is InChI=1S/C17H34N2O2/c1-13(2)12-19(15-8-9-15)11-7-6-10-17(5,16(20)21)18-14(3)4/h13-15,18H,6-12H2,1-5H3,(H,20,21). The summed E-state index contributed by atoms with van der Waals surface area (Å²) < 4.78 is 0. The number of carboxylic acids is 1. The van der Waals surface area contributed by atoms with Crippen molar-refractivity contribution in [3.8, 4) is 0 Å². The van der Waals surface area contributed by atoms with E-state index in [1.54, 1.807) is 0 Å². The molecule has 0 saturated heterocycles. The van der Waals surface area contributed by atoms with Gasteiger partial charge in [0.05, 0.1) is 0 Å². The van der Waals surface area contributed by atoms with E-state index in [9.17, 15) is 9.90 Å². The number of nitrogens with one attached hydrogen (secondary N) is 1. The van der Waals surface area contributed by atoms with Gasteiger partial charge in [0.1, 0.15) is 5.54 Å². The Morgan fingerprint density at radius 3 is 2.33 bits per heavy atom. The van der Waals surface area contributed by atoms with E-state index >= 15 is 0 Å². The molecule has 0 heterocycles. The van der Waals surface area contributed by atoms with Crippen molar-refractivity contribution < 1.29 is 9.90 Å². The van der Waals surface area contributed by atoms with Crippen molar-refractivity contribution in [2.45, 2.75) is 84.3 Å². The maximum absolute atomic E-state index is 11.5. The molecule has 0 aliphatic heterocycles. The van der Waals surface area contributed by atoms with Crippen LogP contribution in [0.25, 0.3) is 0 Å². The molecule has 1 aliphatic rings. The molecular formula is C17H34N2O2. The van der Waals surface area contributed by atoms with Crippen LogP contribution in [0.15, 0.2) is 0 Å². The lowest BCUT2D eigenvalue weighted by Crippen LogP contribution is -2.52. The van der Waals surface area contributed by atoms with E-state index in [0.717, 1.165) is 25.4 Å². The Morgan fingerprint density at radius 1 is 1.29 bits per heavy atom. The van der Waals surface area contributed by atoms with Crippen molar-refractivity contribution in [1.29, 1.82) is 0 Å². The van der Waals surface area contributed by atoms with E-state index in [2.05, 4.69) is 24.1 Å². The minimum absolute atomic E-state index is 0.190. The molecule has 0 aromatic carbocycles. The monoisotopic (exact) mass is 298 g/mol. The van der Waals surface area contributed by atoms with Crippen LogP contribution in [-0.2, 0) is 4.79 Å². The molecule has 0 spiro atoms. The molecule has 1 aliphatic carbocycles. The lowest BCUT2D eigenvalue weighted by molar-refractivity contribution is -0.144. The maximum Gasteiger partial charge on any atom is 0.323 e. The zero-order chi connectivity index (χ0) is 16.0. The second-order valence-corrected chi connectivity index (χ2v) is 7.51. The Labute approximate surface area is 130 Å². The quantitative estimate of drug-likeness (QED) is 0.575. The van der Waals surface area contributed by atoms with Crippen molar-refractivity contribution >= 4 is 5.97 Å². The smallest absolute Gasteiger partial charge is 0.323 e.